The van der Waals surface area contributed by atoms with Crippen molar-refractivity contribution in [1.29, 1.82) is 0 Å². The van der Waals surface area contributed by atoms with Crippen LogP contribution in [0.5, 0.6) is 0 Å². The van der Waals surface area contributed by atoms with Gasteiger partial charge in [-0.3, -0.25) is 14.5 Å². The number of carboxylic acids is 1. The highest BCUT2D eigenvalue weighted by Gasteiger charge is 2.32. The third-order valence-electron chi connectivity index (χ3n) is 3.67. The summed E-state index contributed by atoms with van der Waals surface area (Å²) in [7, 11) is 0. The van der Waals surface area contributed by atoms with Crippen molar-refractivity contribution in [2.75, 3.05) is 24.5 Å². The molecule has 1 fully saturated rings. The molecule has 0 aromatic heterocycles. The lowest BCUT2D eigenvalue weighted by atomic mass is 10.2. The number of hydrogen-bond acceptors (Lipinski definition) is 3. The molecule has 1 atom stereocenters. The van der Waals surface area contributed by atoms with Gasteiger partial charge in [0, 0.05) is 12.2 Å². The lowest BCUT2D eigenvalue weighted by Crippen LogP contribution is -2.44. The maximum Gasteiger partial charge on any atom is 0.320 e. The van der Waals surface area contributed by atoms with Crippen LogP contribution < -0.4 is 4.90 Å². The second-order valence-corrected chi connectivity index (χ2v) is 4.94. The molecule has 0 radical (unpaired) electrons. The Morgan fingerprint density at radius 2 is 2.05 bits per heavy atom. The maximum absolute atomic E-state index is 12.4. The Morgan fingerprint density at radius 3 is 2.65 bits per heavy atom. The third kappa shape index (κ3) is 3.17. The highest BCUT2D eigenvalue weighted by Crippen LogP contribution is 2.19. The van der Waals surface area contributed by atoms with Gasteiger partial charge >= 0.3 is 5.97 Å². The van der Waals surface area contributed by atoms with E-state index in [9.17, 15) is 9.59 Å². The Labute approximate surface area is 118 Å². The fourth-order valence-corrected chi connectivity index (χ4v) is 2.66. The van der Waals surface area contributed by atoms with Crippen molar-refractivity contribution in [2.24, 2.45) is 0 Å². The van der Waals surface area contributed by atoms with Crippen molar-refractivity contribution < 1.29 is 14.7 Å². The number of carbonyl (C=O) groups is 2. The van der Waals surface area contributed by atoms with Crippen LogP contribution >= 0.6 is 0 Å². The van der Waals surface area contributed by atoms with Gasteiger partial charge in [-0.05, 0) is 38.4 Å². The molecule has 1 N–H and O–H groups in total. The number of likely N-dealkylation sites (N-methyl/N-ethyl adjacent to an activating group) is 1. The van der Waals surface area contributed by atoms with Crippen LogP contribution in [0, 0.1) is 0 Å². The van der Waals surface area contributed by atoms with E-state index in [1.165, 1.54) is 0 Å². The lowest BCUT2D eigenvalue weighted by Gasteiger charge is -2.26. The van der Waals surface area contributed by atoms with Gasteiger partial charge in [-0.2, -0.15) is 0 Å². The van der Waals surface area contributed by atoms with Gasteiger partial charge in [0.15, 0.2) is 0 Å². The van der Waals surface area contributed by atoms with Gasteiger partial charge in [0.2, 0.25) is 5.91 Å². The number of benzene rings is 1. The highest BCUT2D eigenvalue weighted by atomic mass is 16.4. The molecule has 1 heterocycles. The molecule has 0 saturated carbocycles. The number of likely N-dealkylation sites (tertiary alicyclic amines) is 1. The van der Waals surface area contributed by atoms with E-state index >= 15 is 0 Å². The lowest BCUT2D eigenvalue weighted by molar-refractivity contribution is -0.142. The summed E-state index contributed by atoms with van der Waals surface area (Å²) in [6.45, 7) is 3.34. The molecule has 108 valence electrons. The molecule has 0 bridgehead atoms. The molecule has 1 amide bonds. The zero-order chi connectivity index (χ0) is 14.5. The molecule has 20 heavy (non-hydrogen) atoms. The second kappa shape index (κ2) is 6.52. The summed E-state index contributed by atoms with van der Waals surface area (Å²) in [6, 6.07) is 8.94. The smallest absolute Gasteiger partial charge is 0.320 e. The number of carboxylic acid groups (broad SMARTS) is 1. The van der Waals surface area contributed by atoms with Gasteiger partial charge < -0.3 is 10.0 Å². The first-order valence-electron chi connectivity index (χ1n) is 6.95. The van der Waals surface area contributed by atoms with E-state index in [-0.39, 0.29) is 12.5 Å². The van der Waals surface area contributed by atoms with Crippen molar-refractivity contribution in [3.05, 3.63) is 30.3 Å². The van der Waals surface area contributed by atoms with Crippen molar-refractivity contribution in [3.8, 4) is 0 Å². The largest absolute Gasteiger partial charge is 0.480 e. The van der Waals surface area contributed by atoms with Crippen LogP contribution in [-0.2, 0) is 9.59 Å². The van der Waals surface area contributed by atoms with Crippen molar-refractivity contribution >= 4 is 17.6 Å². The zero-order valence-electron chi connectivity index (χ0n) is 11.7. The summed E-state index contributed by atoms with van der Waals surface area (Å²) in [6.07, 6.45) is 1.46. The average Bonchev–Trinajstić information content (AvgIpc) is 2.89. The maximum atomic E-state index is 12.4. The molecular weight excluding hydrogens is 256 g/mol. The SMILES string of the molecule is CCN(C(=O)CN1CCCC1C(=O)O)c1ccccc1. The van der Waals surface area contributed by atoms with Gasteiger partial charge in [-0.1, -0.05) is 18.2 Å². The van der Waals surface area contributed by atoms with E-state index in [0.29, 0.717) is 19.5 Å². The first-order chi connectivity index (χ1) is 9.63. The van der Waals surface area contributed by atoms with Crippen LogP contribution in [0.3, 0.4) is 0 Å². The van der Waals surface area contributed by atoms with Crippen LogP contribution in [0.1, 0.15) is 19.8 Å². The fraction of sp³-hybridized carbons (Fsp3) is 0.467. The first-order valence-corrected chi connectivity index (χ1v) is 6.95. The number of para-hydroxylation sites is 1. The molecule has 1 aromatic carbocycles. The van der Waals surface area contributed by atoms with E-state index in [1.54, 1.807) is 9.80 Å². The molecule has 1 aliphatic heterocycles. The molecule has 1 aliphatic rings. The van der Waals surface area contributed by atoms with Crippen molar-refractivity contribution in [2.45, 2.75) is 25.8 Å². The number of carbonyl (C=O) groups excluding carboxylic acids is 1. The zero-order valence-corrected chi connectivity index (χ0v) is 11.7. The minimum Gasteiger partial charge on any atom is -0.480 e. The number of amides is 1. The topological polar surface area (TPSA) is 60.9 Å². The third-order valence-corrected chi connectivity index (χ3v) is 3.67. The average molecular weight is 276 g/mol. The molecule has 1 aromatic rings. The van der Waals surface area contributed by atoms with Crippen LogP contribution in [0.4, 0.5) is 5.69 Å². The standard InChI is InChI=1S/C15H20N2O3/c1-2-17(12-7-4-3-5-8-12)14(18)11-16-10-6-9-13(16)15(19)20/h3-5,7-8,13H,2,6,9-11H2,1H3,(H,19,20). The van der Waals surface area contributed by atoms with Gasteiger partial charge in [-0.25, -0.2) is 0 Å². The quantitative estimate of drug-likeness (QED) is 0.887. The number of aliphatic carboxylic acids is 1. The molecule has 5 nitrogen and oxygen atoms in total. The first kappa shape index (κ1) is 14.5. The van der Waals surface area contributed by atoms with Crippen LogP contribution in [0.25, 0.3) is 0 Å². The predicted octanol–water partition coefficient (Wildman–Crippen LogP) is 1.59. The van der Waals surface area contributed by atoms with E-state index < -0.39 is 12.0 Å². The molecule has 1 saturated heterocycles. The second-order valence-electron chi connectivity index (χ2n) is 4.94. The Hall–Kier alpha value is -1.88. The molecular formula is C15H20N2O3. The summed E-state index contributed by atoms with van der Waals surface area (Å²) in [5.74, 6) is -0.884. The van der Waals surface area contributed by atoms with Crippen LogP contribution in [-0.4, -0.2) is 47.6 Å². The van der Waals surface area contributed by atoms with E-state index in [1.807, 2.05) is 37.3 Å². The minimum absolute atomic E-state index is 0.0492. The van der Waals surface area contributed by atoms with E-state index in [4.69, 9.17) is 5.11 Å². The van der Waals surface area contributed by atoms with Gasteiger partial charge in [0.1, 0.15) is 6.04 Å². The van der Waals surface area contributed by atoms with Crippen molar-refractivity contribution in [1.82, 2.24) is 4.90 Å². The fourth-order valence-electron chi connectivity index (χ4n) is 2.66. The number of anilines is 1. The molecule has 0 spiro atoms. The molecule has 2 rings (SSSR count). The Bertz CT molecular complexity index is 475. The van der Waals surface area contributed by atoms with Gasteiger partial charge in [-0.15, -0.1) is 0 Å². The monoisotopic (exact) mass is 276 g/mol. The normalized spacial score (nSPS) is 18.9. The van der Waals surface area contributed by atoms with Gasteiger partial charge in [0.05, 0.1) is 6.54 Å². The molecule has 5 heteroatoms. The summed E-state index contributed by atoms with van der Waals surface area (Å²) in [5.41, 5.74) is 0.853. The Morgan fingerprint density at radius 1 is 1.35 bits per heavy atom. The predicted molar refractivity (Wildman–Crippen MR) is 76.7 cm³/mol. The molecule has 1 unspecified atom stereocenters. The number of nitrogens with zero attached hydrogens (tertiary/aromatic N) is 2. The summed E-state index contributed by atoms with van der Waals surface area (Å²) in [4.78, 5) is 27.0. The summed E-state index contributed by atoms with van der Waals surface area (Å²) < 4.78 is 0. The van der Waals surface area contributed by atoms with Crippen LogP contribution in [0.15, 0.2) is 30.3 Å². The summed E-state index contributed by atoms with van der Waals surface area (Å²) in [5, 5.41) is 9.14. The highest BCUT2D eigenvalue weighted by molar-refractivity contribution is 5.95. The van der Waals surface area contributed by atoms with Gasteiger partial charge in [0.25, 0.3) is 0 Å². The van der Waals surface area contributed by atoms with Crippen LogP contribution in [0.2, 0.25) is 0 Å². The minimum atomic E-state index is -0.835. The molecule has 0 aliphatic carbocycles. The van der Waals surface area contributed by atoms with E-state index in [2.05, 4.69) is 0 Å². The number of rotatable bonds is 5. The van der Waals surface area contributed by atoms with Crippen molar-refractivity contribution in [3.63, 3.8) is 0 Å². The Balaban J connectivity index is 2.05. The summed E-state index contributed by atoms with van der Waals surface area (Å²) >= 11 is 0. The Kier molecular flexibility index (Phi) is 4.74. The van der Waals surface area contributed by atoms with E-state index in [0.717, 1.165) is 12.1 Å². The number of hydrogen-bond donors (Lipinski definition) is 1.